The number of ether oxygens (including phenoxy) is 1. The van der Waals surface area contributed by atoms with Crippen molar-refractivity contribution >= 4 is 5.91 Å². The van der Waals surface area contributed by atoms with Gasteiger partial charge in [0.1, 0.15) is 6.61 Å². The number of rotatable bonds is 5. The van der Waals surface area contributed by atoms with Crippen LogP contribution in [0.15, 0.2) is 0 Å². The van der Waals surface area contributed by atoms with E-state index >= 15 is 0 Å². The highest BCUT2D eigenvalue weighted by Gasteiger charge is 2.15. The minimum absolute atomic E-state index is 0.0868. The number of hydrogen-bond donors (Lipinski definition) is 2. The summed E-state index contributed by atoms with van der Waals surface area (Å²) in [7, 11) is 2.07. The highest BCUT2D eigenvalue weighted by atomic mass is 16.5. The first-order valence-corrected chi connectivity index (χ1v) is 5.23. The summed E-state index contributed by atoms with van der Waals surface area (Å²) in [5.41, 5.74) is 8.04. The van der Waals surface area contributed by atoms with Crippen molar-refractivity contribution in [3.8, 4) is 0 Å². The van der Waals surface area contributed by atoms with E-state index in [0.717, 1.165) is 26.2 Å². The van der Waals surface area contributed by atoms with Crippen LogP contribution in [0.25, 0.3) is 0 Å². The predicted molar refractivity (Wildman–Crippen MR) is 57.1 cm³/mol. The topological polar surface area (TPSA) is 70.8 Å². The molecule has 0 bridgehead atoms. The van der Waals surface area contributed by atoms with Gasteiger partial charge in [-0.1, -0.05) is 0 Å². The molecular formula is C9H20N4O2. The van der Waals surface area contributed by atoms with Gasteiger partial charge >= 0.3 is 0 Å². The van der Waals surface area contributed by atoms with Gasteiger partial charge in [-0.05, 0) is 7.05 Å². The molecule has 1 aliphatic heterocycles. The average Bonchev–Trinajstić information content (AvgIpc) is 2.22. The van der Waals surface area contributed by atoms with E-state index in [1.165, 1.54) is 0 Å². The lowest BCUT2D eigenvalue weighted by Gasteiger charge is -2.32. The minimum atomic E-state index is -0.104. The van der Waals surface area contributed by atoms with Crippen LogP contribution in [0.5, 0.6) is 0 Å². The van der Waals surface area contributed by atoms with E-state index in [-0.39, 0.29) is 12.5 Å². The lowest BCUT2D eigenvalue weighted by atomic mass is 10.4. The Bertz CT molecular complexity index is 193. The molecule has 6 nitrogen and oxygen atoms in total. The Morgan fingerprint density at radius 1 is 1.40 bits per heavy atom. The summed E-state index contributed by atoms with van der Waals surface area (Å²) in [6, 6.07) is 0. The van der Waals surface area contributed by atoms with Crippen LogP contribution >= 0.6 is 0 Å². The van der Waals surface area contributed by atoms with Gasteiger partial charge < -0.3 is 15.4 Å². The summed E-state index contributed by atoms with van der Waals surface area (Å²) in [6.45, 7) is 4.63. The van der Waals surface area contributed by atoms with Crippen LogP contribution in [-0.2, 0) is 9.53 Å². The molecule has 0 unspecified atom stereocenters. The maximum atomic E-state index is 11.3. The molecule has 0 aromatic heterocycles. The molecule has 0 spiro atoms. The third-order valence-electron chi connectivity index (χ3n) is 2.28. The Hall–Kier alpha value is -0.690. The van der Waals surface area contributed by atoms with Gasteiger partial charge in [0.15, 0.2) is 0 Å². The van der Waals surface area contributed by atoms with E-state index in [2.05, 4.69) is 17.4 Å². The van der Waals surface area contributed by atoms with Gasteiger partial charge in [0, 0.05) is 32.7 Å². The van der Waals surface area contributed by atoms with Gasteiger partial charge in [0.2, 0.25) is 0 Å². The molecule has 0 aliphatic carbocycles. The standard InChI is InChI=1S/C9H20N4O2/c1-12-3-5-13(6-4-12)11-9(14)8-15-7-2-10/h2-8,10H2,1H3,(H,11,14). The maximum absolute atomic E-state index is 11.3. The maximum Gasteiger partial charge on any atom is 0.260 e. The number of carbonyl (C=O) groups excluding carboxylic acids is 1. The number of carbonyl (C=O) groups is 1. The molecule has 0 saturated carbocycles. The number of nitrogens with zero attached hydrogens (tertiary/aromatic N) is 2. The van der Waals surface area contributed by atoms with Crippen molar-refractivity contribution in [1.82, 2.24) is 15.3 Å². The average molecular weight is 216 g/mol. The summed E-state index contributed by atoms with van der Waals surface area (Å²) < 4.78 is 5.03. The quantitative estimate of drug-likeness (QED) is 0.533. The third kappa shape index (κ3) is 5.08. The number of amides is 1. The Balaban J connectivity index is 2.09. The van der Waals surface area contributed by atoms with E-state index in [0.29, 0.717) is 13.2 Å². The molecule has 1 amide bonds. The molecule has 1 saturated heterocycles. The van der Waals surface area contributed by atoms with Crippen LogP contribution in [0.3, 0.4) is 0 Å². The number of piperazine rings is 1. The molecular weight excluding hydrogens is 196 g/mol. The molecule has 88 valence electrons. The second kappa shape index (κ2) is 6.73. The van der Waals surface area contributed by atoms with E-state index in [4.69, 9.17) is 10.5 Å². The molecule has 1 aliphatic rings. The number of likely N-dealkylation sites (N-methyl/N-ethyl adjacent to an activating group) is 1. The molecule has 0 aromatic rings. The largest absolute Gasteiger partial charge is 0.370 e. The monoisotopic (exact) mass is 216 g/mol. The van der Waals surface area contributed by atoms with Crippen molar-refractivity contribution in [3.05, 3.63) is 0 Å². The summed E-state index contributed by atoms with van der Waals surface area (Å²) in [5.74, 6) is -0.104. The van der Waals surface area contributed by atoms with E-state index in [1.807, 2.05) is 5.01 Å². The molecule has 0 aromatic carbocycles. The fraction of sp³-hybridized carbons (Fsp3) is 0.889. The molecule has 0 radical (unpaired) electrons. The van der Waals surface area contributed by atoms with Gasteiger partial charge in [-0.3, -0.25) is 10.2 Å². The Kier molecular flexibility index (Phi) is 5.56. The second-order valence-electron chi connectivity index (χ2n) is 3.67. The van der Waals surface area contributed by atoms with Gasteiger partial charge in [0.25, 0.3) is 5.91 Å². The van der Waals surface area contributed by atoms with Crippen molar-refractivity contribution in [3.63, 3.8) is 0 Å². The second-order valence-corrected chi connectivity index (χ2v) is 3.67. The lowest BCUT2D eigenvalue weighted by Crippen LogP contribution is -2.53. The Labute approximate surface area is 90.3 Å². The van der Waals surface area contributed by atoms with Crippen molar-refractivity contribution in [1.29, 1.82) is 0 Å². The predicted octanol–water partition coefficient (Wildman–Crippen LogP) is -1.76. The van der Waals surface area contributed by atoms with Crippen LogP contribution in [0.1, 0.15) is 0 Å². The number of nitrogens with two attached hydrogens (primary N) is 1. The zero-order valence-corrected chi connectivity index (χ0v) is 9.24. The summed E-state index contributed by atoms with van der Waals surface area (Å²) in [4.78, 5) is 13.6. The van der Waals surface area contributed by atoms with Gasteiger partial charge in [-0.15, -0.1) is 0 Å². The highest BCUT2D eigenvalue weighted by Crippen LogP contribution is 1.94. The molecule has 6 heteroatoms. The fourth-order valence-corrected chi connectivity index (χ4v) is 1.38. The van der Waals surface area contributed by atoms with Gasteiger partial charge in [-0.2, -0.15) is 0 Å². The van der Waals surface area contributed by atoms with Crippen LogP contribution in [0, 0.1) is 0 Å². The van der Waals surface area contributed by atoms with Crippen molar-refractivity contribution in [2.75, 3.05) is 53.0 Å². The van der Waals surface area contributed by atoms with Gasteiger partial charge in [-0.25, -0.2) is 5.01 Å². The first-order chi connectivity index (χ1) is 7.22. The third-order valence-corrected chi connectivity index (χ3v) is 2.28. The first kappa shape index (κ1) is 12.4. The highest BCUT2D eigenvalue weighted by molar-refractivity contribution is 5.76. The zero-order chi connectivity index (χ0) is 11.1. The molecule has 1 fully saturated rings. The van der Waals surface area contributed by atoms with E-state index < -0.39 is 0 Å². The van der Waals surface area contributed by atoms with Crippen LogP contribution in [0.2, 0.25) is 0 Å². The number of hydrazine groups is 1. The normalized spacial score (nSPS) is 19.1. The first-order valence-electron chi connectivity index (χ1n) is 5.23. The van der Waals surface area contributed by atoms with Crippen LogP contribution in [0.4, 0.5) is 0 Å². The van der Waals surface area contributed by atoms with Crippen molar-refractivity contribution in [2.24, 2.45) is 5.73 Å². The molecule has 3 N–H and O–H groups in total. The Morgan fingerprint density at radius 2 is 2.07 bits per heavy atom. The summed E-state index contributed by atoms with van der Waals surface area (Å²) in [5, 5.41) is 1.92. The van der Waals surface area contributed by atoms with Crippen LogP contribution < -0.4 is 11.2 Å². The van der Waals surface area contributed by atoms with E-state index in [9.17, 15) is 4.79 Å². The SMILES string of the molecule is CN1CCN(NC(=O)COCCN)CC1. The molecule has 0 atom stereocenters. The minimum Gasteiger partial charge on any atom is -0.370 e. The molecule has 1 heterocycles. The van der Waals surface area contributed by atoms with E-state index in [1.54, 1.807) is 0 Å². The molecule has 1 rings (SSSR count). The smallest absolute Gasteiger partial charge is 0.260 e. The fourth-order valence-electron chi connectivity index (χ4n) is 1.38. The zero-order valence-electron chi connectivity index (χ0n) is 9.24. The lowest BCUT2D eigenvalue weighted by molar-refractivity contribution is -0.131. The molecule has 15 heavy (non-hydrogen) atoms. The summed E-state index contributed by atoms with van der Waals surface area (Å²) in [6.07, 6.45) is 0. The number of hydrogen-bond acceptors (Lipinski definition) is 5. The van der Waals surface area contributed by atoms with Gasteiger partial charge in [0.05, 0.1) is 6.61 Å². The van der Waals surface area contributed by atoms with Crippen molar-refractivity contribution < 1.29 is 9.53 Å². The Morgan fingerprint density at radius 3 is 2.67 bits per heavy atom. The van der Waals surface area contributed by atoms with Crippen LogP contribution in [-0.4, -0.2) is 68.8 Å². The number of nitrogens with one attached hydrogen (secondary N) is 1. The van der Waals surface area contributed by atoms with Crippen molar-refractivity contribution in [2.45, 2.75) is 0 Å². The summed E-state index contributed by atoms with van der Waals surface area (Å²) >= 11 is 0.